The molecule has 0 saturated carbocycles. The molecule has 1 atom stereocenters. The Balaban J connectivity index is 1.51. The number of carbonyl (C=O) groups is 2. The zero-order valence-corrected chi connectivity index (χ0v) is 15.3. The number of anilines is 2. The van der Waals surface area contributed by atoms with Crippen molar-refractivity contribution in [3.8, 4) is 11.4 Å². The highest BCUT2D eigenvalue weighted by Gasteiger charge is 2.35. The summed E-state index contributed by atoms with van der Waals surface area (Å²) >= 11 is 0. The van der Waals surface area contributed by atoms with Gasteiger partial charge in [-0.15, -0.1) is 5.10 Å². The van der Waals surface area contributed by atoms with Crippen molar-refractivity contribution in [2.24, 2.45) is 10.8 Å². The number of rotatable bonds is 5. The summed E-state index contributed by atoms with van der Waals surface area (Å²) < 4.78 is 26.2. The fraction of sp³-hybridized carbons (Fsp3) is 0.105. The molecule has 3 aromatic rings. The highest BCUT2D eigenvalue weighted by Crippen LogP contribution is 2.25. The monoisotopic (exact) mass is 411 g/mol. The average Bonchev–Trinajstić information content (AvgIpc) is 3.37. The van der Waals surface area contributed by atoms with Crippen LogP contribution in [0.2, 0.25) is 0 Å². The average molecular weight is 411 g/mol. The van der Waals surface area contributed by atoms with Crippen molar-refractivity contribution in [3.63, 3.8) is 0 Å². The second kappa shape index (κ2) is 7.70. The molecule has 11 heteroatoms. The predicted octanol–water partition coefficient (Wildman–Crippen LogP) is 1.81. The smallest absolute Gasteiger partial charge is 0.274 e. The Kier molecular flexibility index (Phi) is 4.92. The van der Waals surface area contributed by atoms with Crippen molar-refractivity contribution < 1.29 is 18.4 Å². The third-order valence-corrected chi connectivity index (χ3v) is 4.42. The number of nitrogens with zero attached hydrogens (tertiary/aromatic N) is 4. The van der Waals surface area contributed by atoms with Crippen LogP contribution in [0.3, 0.4) is 0 Å². The van der Waals surface area contributed by atoms with Crippen LogP contribution >= 0.6 is 0 Å². The number of hydrogen-bond donors (Lipinski definition) is 3. The molecule has 9 nitrogen and oxygen atoms in total. The lowest BCUT2D eigenvalue weighted by Crippen LogP contribution is -2.39. The number of primary amides is 1. The molecule has 152 valence electrons. The molecule has 2 aromatic carbocycles. The number of H-pyrrole nitrogens is 1. The molecule has 4 N–H and O–H groups in total. The first-order valence-corrected chi connectivity index (χ1v) is 8.82. The molecule has 0 spiro atoms. The minimum atomic E-state index is -0.891. The van der Waals surface area contributed by atoms with E-state index in [2.05, 4.69) is 25.6 Å². The van der Waals surface area contributed by atoms with Gasteiger partial charge in [0.05, 0.1) is 5.69 Å². The van der Waals surface area contributed by atoms with Crippen molar-refractivity contribution in [3.05, 3.63) is 60.2 Å². The molecule has 1 aliphatic rings. The van der Waals surface area contributed by atoms with E-state index in [9.17, 15) is 18.4 Å². The lowest BCUT2D eigenvalue weighted by molar-refractivity contribution is -0.119. The van der Waals surface area contributed by atoms with Gasteiger partial charge in [-0.05, 0) is 48.5 Å². The number of hydrazone groups is 1. The maximum absolute atomic E-state index is 13.2. The molecule has 1 aliphatic heterocycles. The van der Waals surface area contributed by atoms with E-state index in [1.807, 2.05) is 0 Å². The fourth-order valence-corrected chi connectivity index (χ4v) is 2.93. The lowest BCUT2D eigenvalue weighted by atomic mass is 10.1. The second-order valence-corrected chi connectivity index (χ2v) is 6.46. The third-order valence-electron chi connectivity index (χ3n) is 4.42. The number of aromatic nitrogens is 3. The van der Waals surface area contributed by atoms with Gasteiger partial charge in [0.25, 0.3) is 5.91 Å². The number of hydrogen-bond acceptors (Lipinski definition) is 6. The summed E-state index contributed by atoms with van der Waals surface area (Å²) in [5.41, 5.74) is 6.47. The molecule has 0 unspecified atom stereocenters. The normalized spacial score (nSPS) is 15.7. The molecule has 0 fully saturated rings. The van der Waals surface area contributed by atoms with Crippen molar-refractivity contribution in [1.82, 2.24) is 15.2 Å². The number of carbonyl (C=O) groups excluding carboxylic acids is 2. The van der Waals surface area contributed by atoms with Crippen molar-refractivity contribution in [2.45, 2.75) is 12.5 Å². The first-order chi connectivity index (χ1) is 14.4. The van der Waals surface area contributed by atoms with Crippen molar-refractivity contribution >= 4 is 29.2 Å². The Bertz CT molecular complexity index is 1130. The highest BCUT2D eigenvalue weighted by molar-refractivity contribution is 6.44. The van der Waals surface area contributed by atoms with Crippen molar-refractivity contribution in [2.75, 3.05) is 10.3 Å². The summed E-state index contributed by atoms with van der Waals surface area (Å²) in [6.07, 6.45) is -0.0339. The molecule has 2 amide bonds. The molecule has 30 heavy (non-hydrogen) atoms. The second-order valence-electron chi connectivity index (χ2n) is 6.46. The van der Waals surface area contributed by atoms with E-state index in [0.717, 1.165) is 0 Å². The van der Waals surface area contributed by atoms with Gasteiger partial charge in [-0.1, -0.05) is 0 Å². The van der Waals surface area contributed by atoms with Crippen LogP contribution in [-0.2, 0) is 9.59 Å². The number of halogens is 2. The SMILES string of the molecule is NC(=O)[C@H]1CC(C(=O)Nc2n[nH]c(-c3ccc(F)cc3)n2)=NN1c1ccc(F)cc1. The molecular formula is C19H15F2N7O2. The summed E-state index contributed by atoms with van der Waals surface area (Å²) in [4.78, 5) is 28.5. The van der Waals surface area contributed by atoms with E-state index in [1.54, 1.807) is 0 Å². The maximum Gasteiger partial charge on any atom is 0.274 e. The van der Waals surface area contributed by atoms with Crippen molar-refractivity contribution in [1.29, 1.82) is 0 Å². The fourth-order valence-electron chi connectivity index (χ4n) is 2.93. The summed E-state index contributed by atoms with van der Waals surface area (Å²) in [5.74, 6) is -1.81. The summed E-state index contributed by atoms with van der Waals surface area (Å²) in [7, 11) is 0. The Morgan fingerprint density at radius 1 is 1.07 bits per heavy atom. The van der Waals surface area contributed by atoms with E-state index < -0.39 is 23.7 Å². The van der Waals surface area contributed by atoms with Crippen LogP contribution in [0.25, 0.3) is 11.4 Å². The molecule has 0 radical (unpaired) electrons. The van der Waals surface area contributed by atoms with Crippen LogP contribution in [0, 0.1) is 11.6 Å². The van der Waals surface area contributed by atoms with E-state index >= 15 is 0 Å². The Hall–Kier alpha value is -4.15. The molecule has 0 aliphatic carbocycles. The van der Waals surface area contributed by atoms with E-state index in [1.165, 1.54) is 53.5 Å². The molecular weight excluding hydrogens is 396 g/mol. The number of nitrogens with two attached hydrogens (primary N) is 1. The Morgan fingerprint density at radius 3 is 2.33 bits per heavy atom. The van der Waals surface area contributed by atoms with Gasteiger partial charge >= 0.3 is 0 Å². The van der Waals surface area contributed by atoms with Gasteiger partial charge < -0.3 is 5.73 Å². The standard InChI is InChI=1S/C19H15F2N7O2/c20-11-3-1-10(2-4-11)17-23-19(26-25-17)24-18(30)14-9-15(16(22)29)28(27-14)13-7-5-12(21)6-8-13/h1-8,15H,9H2,(H2,22,29)(H2,23,24,25,26,30)/t15-/m1/s1. The highest BCUT2D eigenvalue weighted by atomic mass is 19.1. The van der Waals surface area contributed by atoms with Crippen LogP contribution in [0.4, 0.5) is 20.4 Å². The number of benzene rings is 2. The summed E-state index contributed by atoms with van der Waals surface area (Å²) in [6, 6.07) is 9.98. The number of nitrogens with one attached hydrogen (secondary N) is 2. The van der Waals surface area contributed by atoms with Gasteiger partial charge in [-0.3, -0.25) is 25.0 Å². The zero-order chi connectivity index (χ0) is 21.3. The minimum absolute atomic E-state index is 0.0158. The zero-order valence-electron chi connectivity index (χ0n) is 15.3. The van der Waals surface area contributed by atoms with Crippen LogP contribution in [0.1, 0.15) is 6.42 Å². The molecule has 2 heterocycles. The third kappa shape index (κ3) is 3.85. The van der Waals surface area contributed by atoms with Crippen LogP contribution < -0.4 is 16.1 Å². The minimum Gasteiger partial charge on any atom is -0.368 e. The maximum atomic E-state index is 13.2. The van der Waals surface area contributed by atoms with E-state index in [-0.39, 0.29) is 23.9 Å². The van der Waals surface area contributed by atoms with Gasteiger partial charge in [0, 0.05) is 12.0 Å². The van der Waals surface area contributed by atoms with Crippen LogP contribution in [-0.4, -0.2) is 38.7 Å². The predicted molar refractivity (Wildman–Crippen MR) is 104 cm³/mol. The van der Waals surface area contributed by atoms with Gasteiger partial charge in [0.2, 0.25) is 11.9 Å². The molecule has 4 rings (SSSR count). The topological polar surface area (TPSA) is 129 Å². The van der Waals surface area contributed by atoms with Gasteiger partial charge in [0.15, 0.2) is 5.82 Å². The van der Waals surface area contributed by atoms with Gasteiger partial charge in [-0.25, -0.2) is 8.78 Å². The van der Waals surface area contributed by atoms with Gasteiger partial charge in [0.1, 0.15) is 23.4 Å². The van der Waals surface area contributed by atoms with Crippen LogP contribution in [0.15, 0.2) is 53.6 Å². The Labute approximate surface area is 168 Å². The quantitative estimate of drug-likeness (QED) is 0.590. The van der Waals surface area contributed by atoms with E-state index in [4.69, 9.17) is 5.73 Å². The summed E-state index contributed by atoms with van der Waals surface area (Å²) in [5, 5.41) is 14.5. The molecule has 0 saturated heterocycles. The summed E-state index contributed by atoms with van der Waals surface area (Å²) in [6.45, 7) is 0. The first-order valence-electron chi connectivity index (χ1n) is 8.82. The molecule has 1 aromatic heterocycles. The van der Waals surface area contributed by atoms with Gasteiger partial charge in [-0.2, -0.15) is 10.1 Å². The molecule has 0 bridgehead atoms. The van der Waals surface area contributed by atoms with Crippen LogP contribution in [0.5, 0.6) is 0 Å². The Morgan fingerprint density at radius 2 is 1.70 bits per heavy atom. The number of amides is 2. The first kappa shape index (κ1) is 19.2. The largest absolute Gasteiger partial charge is 0.368 e. The number of aromatic amines is 1. The van der Waals surface area contributed by atoms with E-state index in [0.29, 0.717) is 17.1 Å². The lowest BCUT2D eigenvalue weighted by Gasteiger charge is -2.20.